The highest BCUT2D eigenvalue weighted by molar-refractivity contribution is 5.87. The number of urea groups is 1. The Balaban J connectivity index is 3.00. The molecule has 0 saturated carbocycles. The number of aliphatic hydroxyl groups is 1. The number of carboxylic acids is 1. The Kier molecular flexibility index (Phi) is 5.92. The van der Waals surface area contributed by atoms with Crippen molar-refractivity contribution in [1.29, 1.82) is 0 Å². The van der Waals surface area contributed by atoms with Gasteiger partial charge in [0.15, 0.2) is 5.54 Å². The molecule has 0 aliphatic carbocycles. The number of aliphatic hydroxyl groups excluding tert-OH is 1. The van der Waals surface area contributed by atoms with Crippen molar-refractivity contribution >= 4 is 12.0 Å². The van der Waals surface area contributed by atoms with Crippen LogP contribution in [0.1, 0.15) is 12.5 Å². The predicted molar refractivity (Wildman–Crippen MR) is 78.8 cm³/mol. The van der Waals surface area contributed by atoms with E-state index in [1.165, 1.54) is 17.9 Å². The van der Waals surface area contributed by atoms with Gasteiger partial charge in [0.05, 0.1) is 6.61 Å². The van der Waals surface area contributed by atoms with Crippen molar-refractivity contribution in [1.82, 2.24) is 10.2 Å². The number of nitrogens with one attached hydrogen (secondary N) is 1. The van der Waals surface area contributed by atoms with Crippen molar-refractivity contribution in [3.05, 3.63) is 48.6 Å². The molecule has 3 N–H and O–H groups in total. The third kappa shape index (κ3) is 4.06. The van der Waals surface area contributed by atoms with Gasteiger partial charge in [0.2, 0.25) is 0 Å². The molecule has 0 bridgehead atoms. The van der Waals surface area contributed by atoms with Gasteiger partial charge in [0.1, 0.15) is 0 Å². The fraction of sp³-hybridized carbons (Fsp3) is 0.333. The van der Waals surface area contributed by atoms with Gasteiger partial charge < -0.3 is 20.4 Å². The van der Waals surface area contributed by atoms with E-state index in [-0.39, 0.29) is 19.7 Å². The molecular formula is C15H20N2O4. The maximum absolute atomic E-state index is 12.2. The molecule has 6 nitrogen and oxygen atoms in total. The van der Waals surface area contributed by atoms with Crippen LogP contribution in [-0.4, -0.2) is 46.8 Å². The lowest BCUT2D eigenvalue weighted by Crippen LogP contribution is -2.54. The van der Waals surface area contributed by atoms with Crippen LogP contribution < -0.4 is 5.32 Å². The number of nitrogens with zero attached hydrogens (tertiary/aromatic N) is 1. The Bertz CT molecular complexity index is 504. The first-order chi connectivity index (χ1) is 9.95. The van der Waals surface area contributed by atoms with E-state index in [0.29, 0.717) is 5.56 Å². The van der Waals surface area contributed by atoms with Crippen LogP contribution in [0.4, 0.5) is 4.79 Å². The second kappa shape index (κ2) is 7.44. The summed E-state index contributed by atoms with van der Waals surface area (Å²) in [4.78, 5) is 25.1. The minimum atomic E-state index is -1.55. The number of amides is 2. The molecule has 0 saturated heterocycles. The second-order valence-corrected chi connectivity index (χ2v) is 4.68. The molecule has 0 aliphatic heterocycles. The second-order valence-electron chi connectivity index (χ2n) is 4.68. The molecule has 114 valence electrons. The molecule has 0 spiro atoms. The third-order valence-corrected chi connectivity index (χ3v) is 3.14. The molecular weight excluding hydrogens is 272 g/mol. The summed E-state index contributed by atoms with van der Waals surface area (Å²) in [5, 5.41) is 20.9. The maximum Gasteiger partial charge on any atom is 0.333 e. The summed E-state index contributed by atoms with van der Waals surface area (Å²) >= 11 is 0. The van der Waals surface area contributed by atoms with E-state index in [0.717, 1.165) is 0 Å². The molecule has 21 heavy (non-hydrogen) atoms. The number of rotatable bonds is 7. The van der Waals surface area contributed by atoms with Crippen LogP contribution >= 0.6 is 0 Å². The molecule has 0 fully saturated rings. The zero-order valence-electron chi connectivity index (χ0n) is 12.0. The quantitative estimate of drug-likeness (QED) is 0.658. The smallest absolute Gasteiger partial charge is 0.333 e. The minimum Gasteiger partial charge on any atom is -0.479 e. The number of carboxylic acid groups (broad SMARTS) is 1. The fourth-order valence-corrected chi connectivity index (χ4v) is 1.87. The zero-order valence-corrected chi connectivity index (χ0v) is 12.0. The zero-order chi connectivity index (χ0) is 15.9. The van der Waals surface area contributed by atoms with Crippen LogP contribution in [0.25, 0.3) is 0 Å². The normalized spacial score (nSPS) is 13.0. The van der Waals surface area contributed by atoms with E-state index in [9.17, 15) is 14.7 Å². The Morgan fingerprint density at radius 1 is 1.38 bits per heavy atom. The van der Waals surface area contributed by atoms with Gasteiger partial charge in [-0.25, -0.2) is 9.59 Å². The summed E-state index contributed by atoms with van der Waals surface area (Å²) in [6.07, 6.45) is 1.51. The number of benzene rings is 1. The summed E-state index contributed by atoms with van der Waals surface area (Å²) in [7, 11) is 0. The molecule has 1 unspecified atom stereocenters. The lowest BCUT2D eigenvalue weighted by molar-refractivity contribution is -0.144. The molecule has 0 radical (unpaired) electrons. The standard InChI is InChI=1S/C15H20N2O4/c1-3-9-17(10-11-18)14(21)16-15(2,13(19)20)12-7-5-4-6-8-12/h3-8,18H,1,9-11H2,2H3,(H,16,21)(H,19,20). The van der Waals surface area contributed by atoms with Crippen LogP contribution in [0.2, 0.25) is 0 Å². The number of aliphatic carboxylic acids is 1. The molecule has 6 heteroatoms. The van der Waals surface area contributed by atoms with Crippen molar-refractivity contribution < 1.29 is 19.8 Å². The highest BCUT2D eigenvalue weighted by Crippen LogP contribution is 2.21. The Morgan fingerprint density at radius 3 is 2.48 bits per heavy atom. The first kappa shape index (κ1) is 16.7. The fourth-order valence-electron chi connectivity index (χ4n) is 1.87. The number of carbonyl (C=O) groups excluding carboxylic acids is 1. The monoisotopic (exact) mass is 292 g/mol. The van der Waals surface area contributed by atoms with Gasteiger partial charge in [0.25, 0.3) is 0 Å². The molecule has 1 aromatic rings. The van der Waals surface area contributed by atoms with Gasteiger partial charge in [-0.05, 0) is 12.5 Å². The highest BCUT2D eigenvalue weighted by atomic mass is 16.4. The molecule has 1 atom stereocenters. The third-order valence-electron chi connectivity index (χ3n) is 3.14. The van der Waals surface area contributed by atoms with Gasteiger partial charge in [-0.1, -0.05) is 36.4 Å². The number of hydrogen-bond donors (Lipinski definition) is 3. The van der Waals surface area contributed by atoms with Gasteiger partial charge in [-0.3, -0.25) is 0 Å². The van der Waals surface area contributed by atoms with Crippen molar-refractivity contribution in [3.8, 4) is 0 Å². The van der Waals surface area contributed by atoms with Crippen LogP contribution in [0.15, 0.2) is 43.0 Å². The lowest BCUT2D eigenvalue weighted by atomic mass is 9.92. The molecule has 0 aromatic heterocycles. The lowest BCUT2D eigenvalue weighted by Gasteiger charge is -2.30. The summed E-state index contributed by atoms with van der Waals surface area (Å²) in [5.74, 6) is -1.16. The van der Waals surface area contributed by atoms with Gasteiger partial charge in [-0.15, -0.1) is 6.58 Å². The summed E-state index contributed by atoms with van der Waals surface area (Å²) in [6.45, 7) is 5.07. The summed E-state index contributed by atoms with van der Waals surface area (Å²) in [6, 6.07) is 7.88. The first-order valence-corrected chi connectivity index (χ1v) is 6.53. The van der Waals surface area contributed by atoms with Crippen LogP contribution in [0.3, 0.4) is 0 Å². The first-order valence-electron chi connectivity index (χ1n) is 6.53. The van der Waals surface area contributed by atoms with Gasteiger partial charge in [-0.2, -0.15) is 0 Å². The van der Waals surface area contributed by atoms with Crippen molar-refractivity contribution in [2.24, 2.45) is 0 Å². The molecule has 1 aromatic carbocycles. The van der Waals surface area contributed by atoms with Crippen molar-refractivity contribution in [2.45, 2.75) is 12.5 Å². The summed E-state index contributed by atoms with van der Waals surface area (Å²) < 4.78 is 0. The highest BCUT2D eigenvalue weighted by Gasteiger charge is 2.37. The minimum absolute atomic E-state index is 0.0995. The Hall–Kier alpha value is -2.34. The van der Waals surface area contributed by atoms with Crippen molar-refractivity contribution in [3.63, 3.8) is 0 Å². The largest absolute Gasteiger partial charge is 0.479 e. The topological polar surface area (TPSA) is 89.9 Å². The van der Waals surface area contributed by atoms with E-state index < -0.39 is 17.5 Å². The maximum atomic E-state index is 12.2. The SMILES string of the molecule is C=CCN(CCO)C(=O)NC(C)(C(=O)O)c1ccccc1. The average molecular weight is 292 g/mol. The van der Waals surface area contributed by atoms with Crippen LogP contribution in [0, 0.1) is 0 Å². The molecule has 0 aliphatic rings. The van der Waals surface area contributed by atoms with E-state index >= 15 is 0 Å². The van der Waals surface area contributed by atoms with Gasteiger partial charge in [0, 0.05) is 13.1 Å². The number of carbonyl (C=O) groups is 2. The van der Waals surface area contributed by atoms with E-state index in [4.69, 9.17) is 5.11 Å². The summed E-state index contributed by atoms with van der Waals surface area (Å²) in [5.41, 5.74) is -1.08. The van der Waals surface area contributed by atoms with Gasteiger partial charge >= 0.3 is 12.0 Å². The van der Waals surface area contributed by atoms with E-state index in [1.54, 1.807) is 30.3 Å². The molecule has 0 heterocycles. The Labute approximate surface area is 123 Å². The van der Waals surface area contributed by atoms with E-state index in [2.05, 4.69) is 11.9 Å². The predicted octanol–water partition coefficient (Wildman–Crippen LogP) is 1.18. The average Bonchev–Trinajstić information content (AvgIpc) is 2.47. The van der Waals surface area contributed by atoms with E-state index in [1.807, 2.05) is 0 Å². The number of hydrogen-bond acceptors (Lipinski definition) is 3. The molecule has 2 amide bonds. The Morgan fingerprint density at radius 2 is 2.00 bits per heavy atom. The molecule has 1 rings (SSSR count). The van der Waals surface area contributed by atoms with Crippen LogP contribution in [0.5, 0.6) is 0 Å². The van der Waals surface area contributed by atoms with Crippen molar-refractivity contribution in [2.75, 3.05) is 19.7 Å². The van der Waals surface area contributed by atoms with Crippen LogP contribution in [-0.2, 0) is 10.3 Å².